The average Bonchev–Trinajstić information content (AvgIpc) is 3.68. The molecule has 0 fully saturated rings. The van der Waals surface area contributed by atoms with Crippen LogP contribution in [0.5, 0.6) is 0 Å². The molecular formula is C60H37N. The molecule has 13 aromatic rings. The van der Waals surface area contributed by atoms with Gasteiger partial charge in [0.15, 0.2) is 0 Å². The van der Waals surface area contributed by atoms with E-state index in [1.807, 2.05) is 0 Å². The lowest BCUT2D eigenvalue weighted by Crippen LogP contribution is -1.93. The van der Waals surface area contributed by atoms with Gasteiger partial charge >= 0.3 is 0 Å². The maximum absolute atomic E-state index is 2.43. The predicted octanol–water partition coefficient (Wildman–Crippen LogP) is 16.7. The summed E-state index contributed by atoms with van der Waals surface area (Å²) in [7, 11) is 0. The van der Waals surface area contributed by atoms with E-state index >= 15 is 0 Å². The smallest absolute Gasteiger partial charge is 0.0553 e. The first-order valence-corrected chi connectivity index (χ1v) is 21.2. The Labute approximate surface area is 353 Å². The number of hydrogen-bond donors (Lipinski definition) is 0. The minimum Gasteiger partial charge on any atom is -0.309 e. The number of hydrogen-bond acceptors (Lipinski definition) is 0. The monoisotopic (exact) mass is 771 g/mol. The van der Waals surface area contributed by atoms with E-state index < -0.39 is 0 Å². The van der Waals surface area contributed by atoms with E-state index in [2.05, 4.69) is 229 Å². The van der Waals surface area contributed by atoms with Crippen molar-refractivity contribution >= 4 is 75.7 Å². The van der Waals surface area contributed by atoms with Gasteiger partial charge < -0.3 is 4.57 Å². The second kappa shape index (κ2) is 13.3. The Balaban J connectivity index is 1.01. The van der Waals surface area contributed by atoms with Crippen LogP contribution in [0.4, 0.5) is 0 Å². The minimum absolute atomic E-state index is 1.18. The van der Waals surface area contributed by atoms with Crippen LogP contribution < -0.4 is 0 Å². The topological polar surface area (TPSA) is 4.93 Å². The summed E-state index contributed by atoms with van der Waals surface area (Å²) in [5.41, 5.74) is 13.3. The highest BCUT2D eigenvalue weighted by Gasteiger charge is 2.19. The molecule has 0 N–H and O–H groups in total. The molecule has 13 rings (SSSR count). The summed E-state index contributed by atoms with van der Waals surface area (Å²) < 4.78 is 2.43. The van der Waals surface area contributed by atoms with E-state index in [0.717, 1.165) is 0 Å². The van der Waals surface area contributed by atoms with Crippen molar-refractivity contribution in [2.24, 2.45) is 0 Å². The zero-order chi connectivity index (χ0) is 40.0. The van der Waals surface area contributed by atoms with E-state index in [1.54, 1.807) is 0 Å². The molecule has 0 aliphatic carbocycles. The first-order valence-electron chi connectivity index (χ1n) is 21.2. The van der Waals surface area contributed by atoms with Crippen molar-refractivity contribution < 1.29 is 0 Å². The van der Waals surface area contributed by atoms with Gasteiger partial charge in [-0.05, 0) is 159 Å². The van der Waals surface area contributed by atoms with Crippen LogP contribution in [0.3, 0.4) is 0 Å². The third kappa shape index (κ3) is 5.27. The summed E-state index contributed by atoms with van der Waals surface area (Å²) in [6, 6.07) is 83.2. The van der Waals surface area contributed by atoms with Crippen LogP contribution in [0, 0.1) is 0 Å². The molecule has 1 nitrogen and oxygen atoms in total. The van der Waals surface area contributed by atoms with Crippen molar-refractivity contribution in [2.45, 2.75) is 0 Å². The van der Waals surface area contributed by atoms with Crippen LogP contribution in [0.2, 0.25) is 0 Å². The Morgan fingerprint density at radius 3 is 1.30 bits per heavy atom. The van der Waals surface area contributed by atoms with Gasteiger partial charge in [0.05, 0.1) is 11.0 Å². The second-order valence-electron chi connectivity index (χ2n) is 16.5. The molecule has 1 aromatic heterocycles. The Bertz CT molecular complexity index is 3710. The van der Waals surface area contributed by atoms with Crippen LogP contribution in [0.15, 0.2) is 224 Å². The maximum Gasteiger partial charge on any atom is 0.0553 e. The summed E-state index contributed by atoms with van der Waals surface area (Å²) in [6.07, 6.45) is 0. The number of rotatable bonds is 5. The van der Waals surface area contributed by atoms with Gasteiger partial charge in [0, 0.05) is 16.5 Å². The summed E-state index contributed by atoms with van der Waals surface area (Å²) in [6.45, 7) is 0. The van der Waals surface area contributed by atoms with Gasteiger partial charge in [0.1, 0.15) is 0 Å². The van der Waals surface area contributed by atoms with Crippen molar-refractivity contribution in [1.29, 1.82) is 0 Å². The van der Waals surface area contributed by atoms with Gasteiger partial charge in [-0.2, -0.15) is 0 Å². The highest BCUT2D eigenvalue weighted by atomic mass is 15.0. The van der Waals surface area contributed by atoms with Gasteiger partial charge in [-0.25, -0.2) is 0 Å². The van der Waals surface area contributed by atoms with Gasteiger partial charge in [-0.3, -0.25) is 0 Å². The summed E-state index contributed by atoms with van der Waals surface area (Å²) in [4.78, 5) is 0. The van der Waals surface area contributed by atoms with E-state index in [-0.39, 0.29) is 0 Å². The standard InChI is InChI=1S/C60H37N/c1-2-16-48(17-3-1)61-57-24-12-15-40-29-30-43-31-45(37-58(61)60(43)59(40)57)39-27-25-38(26-28-39)44-32-46(55-35-41-13-4-6-18-49(41)51-20-8-10-22-53(51)55)34-47(33-44)56-36-42-14-5-7-19-50(42)52-21-9-11-23-54(52)56/h1-37H. The third-order valence-corrected chi connectivity index (χ3v) is 13.1. The van der Waals surface area contributed by atoms with Gasteiger partial charge in [0.25, 0.3) is 0 Å². The molecule has 0 aliphatic heterocycles. The molecule has 282 valence electrons. The molecule has 0 radical (unpaired) electrons. The molecule has 0 amide bonds. The molecule has 1 heterocycles. The molecule has 0 atom stereocenters. The molecule has 0 bridgehead atoms. The van der Waals surface area contributed by atoms with Crippen molar-refractivity contribution in [2.75, 3.05) is 0 Å². The van der Waals surface area contributed by atoms with Crippen LogP contribution in [0.25, 0.3) is 126 Å². The first-order chi connectivity index (χ1) is 30.2. The van der Waals surface area contributed by atoms with Gasteiger partial charge in [-0.1, -0.05) is 164 Å². The van der Waals surface area contributed by atoms with Crippen LogP contribution in [0.1, 0.15) is 0 Å². The van der Waals surface area contributed by atoms with Crippen LogP contribution in [-0.4, -0.2) is 4.57 Å². The lowest BCUT2D eigenvalue weighted by molar-refractivity contribution is 1.18. The number of nitrogens with zero attached hydrogens (tertiary/aromatic N) is 1. The molecule has 0 saturated carbocycles. The molecular weight excluding hydrogens is 735 g/mol. The van der Waals surface area contributed by atoms with Gasteiger partial charge in [-0.15, -0.1) is 0 Å². The maximum atomic E-state index is 2.43. The third-order valence-electron chi connectivity index (χ3n) is 13.1. The summed E-state index contributed by atoms with van der Waals surface area (Å²) >= 11 is 0. The highest BCUT2D eigenvalue weighted by Crippen LogP contribution is 2.44. The zero-order valence-corrected chi connectivity index (χ0v) is 33.3. The van der Waals surface area contributed by atoms with Crippen molar-refractivity contribution in [3.05, 3.63) is 224 Å². The molecule has 1 heteroatoms. The van der Waals surface area contributed by atoms with E-state index in [4.69, 9.17) is 0 Å². The number of para-hydroxylation sites is 1. The quantitative estimate of drug-likeness (QED) is 0.154. The Morgan fingerprint density at radius 2 is 0.689 bits per heavy atom. The molecule has 0 aliphatic rings. The molecule has 0 spiro atoms. The lowest BCUT2D eigenvalue weighted by Gasteiger charge is -2.17. The fourth-order valence-electron chi connectivity index (χ4n) is 10.3. The van der Waals surface area contributed by atoms with Crippen LogP contribution >= 0.6 is 0 Å². The van der Waals surface area contributed by atoms with E-state index in [1.165, 1.54) is 126 Å². The Hall–Kier alpha value is -8.00. The normalized spacial score (nSPS) is 11.9. The first kappa shape index (κ1) is 33.9. The van der Waals surface area contributed by atoms with Crippen molar-refractivity contribution in [1.82, 2.24) is 4.57 Å². The number of benzene rings is 12. The molecule has 61 heavy (non-hydrogen) atoms. The minimum atomic E-state index is 1.18. The zero-order valence-electron chi connectivity index (χ0n) is 33.3. The van der Waals surface area contributed by atoms with E-state index in [0.29, 0.717) is 0 Å². The van der Waals surface area contributed by atoms with Crippen molar-refractivity contribution in [3.8, 4) is 50.2 Å². The SMILES string of the molecule is c1ccc(-n2c3cccc4ccc5cc(-c6ccc(-c7cc(-c8cc9ccccc9c9ccccc89)cc(-c8cc9ccccc9c9ccccc89)c7)cc6)cc2c5c43)cc1. The highest BCUT2D eigenvalue weighted by molar-refractivity contribution is 6.25. The number of aromatic nitrogens is 1. The number of fused-ring (bicyclic) bond motifs is 6. The van der Waals surface area contributed by atoms with Crippen molar-refractivity contribution in [3.63, 3.8) is 0 Å². The fourth-order valence-corrected chi connectivity index (χ4v) is 10.3. The summed E-state index contributed by atoms with van der Waals surface area (Å²) in [5.74, 6) is 0. The predicted molar refractivity (Wildman–Crippen MR) is 261 cm³/mol. The molecule has 12 aromatic carbocycles. The van der Waals surface area contributed by atoms with E-state index in [9.17, 15) is 0 Å². The van der Waals surface area contributed by atoms with Crippen LogP contribution in [-0.2, 0) is 0 Å². The summed E-state index contributed by atoms with van der Waals surface area (Å²) in [5, 5.41) is 15.3. The second-order valence-corrected chi connectivity index (χ2v) is 16.5. The largest absolute Gasteiger partial charge is 0.309 e. The Kier molecular flexibility index (Phi) is 7.37. The lowest BCUT2D eigenvalue weighted by atomic mass is 9.87. The molecule has 0 unspecified atom stereocenters. The fraction of sp³-hybridized carbons (Fsp3) is 0. The average molecular weight is 772 g/mol. The Morgan fingerprint density at radius 1 is 0.230 bits per heavy atom. The molecule has 0 saturated heterocycles. The van der Waals surface area contributed by atoms with Gasteiger partial charge in [0.2, 0.25) is 0 Å².